The van der Waals surface area contributed by atoms with E-state index in [0.717, 1.165) is 0 Å². The topological polar surface area (TPSA) is 0 Å². The molecule has 5 rings (SSSR count). The molecule has 3 aliphatic carbocycles. The first kappa shape index (κ1) is 17.5. The number of hydrogen-bond acceptors (Lipinski definition) is 0. The summed E-state index contributed by atoms with van der Waals surface area (Å²) in [5.41, 5.74) is 7.61. The van der Waals surface area contributed by atoms with Crippen LogP contribution in [0, 0.1) is 10.8 Å². The molecular formula is C27H34. The Morgan fingerprint density at radius 2 is 1.04 bits per heavy atom. The molecule has 142 valence electrons. The van der Waals surface area contributed by atoms with Gasteiger partial charge in [0.15, 0.2) is 0 Å². The summed E-state index contributed by atoms with van der Waals surface area (Å²) in [6.07, 6.45) is 14.0. The van der Waals surface area contributed by atoms with Gasteiger partial charge >= 0.3 is 0 Å². The molecule has 0 heteroatoms. The first-order valence-electron chi connectivity index (χ1n) is 11.4. The van der Waals surface area contributed by atoms with Crippen LogP contribution in [0.15, 0.2) is 48.5 Å². The monoisotopic (exact) mass is 358 g/mol. The third-order valence-electron chi connectivity index (χ3n) is 8.62. The van der Waals surface area contributed by atoms with Gasteiger partial charge in [0.05, 0.1) is 0 Å². The molecule has 0 radical (unpaired) electrons. The average molecular weight is 359 g/mol. The van der Waals surface area contributed by atoms with Gasteiger partial charge in [-0.3, -0.25) is 0 Å². The van der Waals surface area contributed by atoms with Crippen molar-refractivity contribution in [2.75, 3.05) is 0 Å². The summed E-state index contributed by atoms with van der Waals surface area (Å²) in [7, 11) is 0. The van der Waals surface area contributed by atoms with Gasteiger partial charge in [-0.2, -0.15) is 0 Å². The van der Waals surface area contributed by atoms with Crippen LogP contribution >= 0.6 is 0 Å². The van der Waals surface area contributed by atoms with E-state index < -0.39 is 0 Å². The highest BCUT2D eigenvalue weighted by molar-refractivity contribution is 5.82. The Hall–Kier alpha value is -1.56. The van der Waals surface area contributed by atoms with Gasteiger partial charge in [-0.05, 0) is 71.6 Å². The van der Waals surface area contributed by atoms with Gasteiger partial charge in [0.2, 0.25) is 0 Å². The predicted molar refractivity (Wildman–Crippen MR) is 115 cm³/mol. The Balaban J connectivity index is 1.91. The van der Waals surface area contributed by atoms with Crippen LogP contribution in [0.2, 0.25) is 0 Å². The molecule has 27 heavy (non-hydrogen) atoms. The zero-order valence-corrected chi connectivity index (χ0v) is 17.2. The first-order valence-corrected chi connectivity index (χ1v) is 11.4. The van der Waals surface area contributed by atoms with Crippen molar-refractivity contribution in [1.82, 2.24) is 0 Å². The minimum atomic E-state index is 0.246. The molecule has 1 spiro atoms. The van der Waals surface area contributed by atoms with Crippen LogP contribution < -0.4 is 0 Å². The molecule has 2 fully saturated rings. The fraction of sp³-hybridized carbons (Fsp3) is 0.556. The fourth-order valence-corrected chi connectivity index (χ4v) is 8.30. The third-order valence-corrected chi connectivity index (χ3v) is 8.62. The van der Waals surface area contributed by atoms with Crippen LogP contribution in [0.5, 0.6) is 0 Å². The molecular weight excluding hydrogens is 324 g/mol. The van der Waals surface area contributed by atoms with Crippen molar-refractivity contribution in [3.8, 4) is 11.1 Å². The second-order valence-electron chi connectivity index (χ2n) is 9.61. The van der Waals surface area contributed by atoms with Gasteiger partial charge in [0, 0.05) is 5.41 Å². The van der Waals surface area contributed by atoms with E-state index in [2.05, 4.69) is 62.4 Å². The van der Waals surface area contributed by atoms with Crippen molar-refractivity contribution >= 4 is 0 Å². The molecule has 0 heterocycles. The maximum Gasteiger partial charge on any atom is 0.0327 e. The Bertz CT molecular complexity index is 752. The molecule has 0 amide bonds. The van der Waals surface area contributed by atoms with E-state index in [4.69, 9.17) is 0 Å². The van der Waals surface area contributed by atoms with Crippen LogP contribution in [0.4, 0.5) is 0 Å². The van der Waals surface area contributed by atoms with E-state index in [-0.39, 0.29) is 5.41 Å². The molecule has 0 aromatic heterocycles. The lowest BCUT2D eigenvalue weighted by molar-refractivity contribution is -0.0949. The maximum atomic E-state index is 2.51. The largest absolute Gasteiger partial charge is 0.0654 e. The highest BCUT2D eigenvalue weighted by atomic mass is 14.7. The minimum absolute atomic E-state index is 0.246. The van der Waals surface area contributed by atoms with Crippen LogP contribution in [0.3, 0.4) is 0 Å². The zero-order valence-electron chi connectivity index (χ0n) is 17.2. The Morgan fingerprint density at radius 1 is 0.630 bits per heavy atom. The van der Waals surface area contributed by atoms with Crippen LogP contribution in [0.1, 0.15) is 89.2 Å². The van der Waals surface area contributed by atoms with E-state index >= 15 is 0 Å². The molecule has 2 bridgehead atoms. The highest BCUT2D eigenvalue weighted by Crippen LogP contribution is 2.76. The second-order valence-corrected chi connectivity index (χ2v) is 9.61. The number of rotatable bonds is 4. The van der Waals surface area contributed by atoms with Crippen LogP contribution in [0.25, 0.3) is 11.1 Å². The maximum absolute atomic E-state index is 2.51. The summed E-state index contributed by atoms with van der Waals surface area (Å²) in [6.45, 7) is 4.83. The lowest BCUT2D eigenvalue weighted by Gasteiger charge is -2.67. The first-order chi connectivity index (χ1) is 13.2. The molecule has 0 unspecified atom stereocenters. The van der Waals surface area contributed by atoms with Gasteiger partial charge in [-0.1, -0.05) is 88.1 Å². The summed E-state index contributed by atoms with van der Waals surface area (Å²) in [5.74, 6) is 0. The standard InChI is InChI=1S/C27H34/c1-3-15-25-17-9-19-26(16-4-2,20-10-18-25)27(25)23-13-7-5-11-21(23)22-12-6-8-14-24(22)27/h5-8,11-14H,3-4,9-10,15-20H2,1-2H3. The van der Waals surface area contributed by atoms with Gasteiger partial charge in [-0.15, -0.1) is 0 Å². The van der Waals surface area contributed by atoms with Crippen molar-refractivity contribution in [2.45, 2.75) is 83.5 Å². The molecule has 0 atom stereocenters. The van der Waals surface area contributed by atoms with Gasteiger partial charge in [0.25, 0.3) is 0 Å². The smallest absolute Gasteiger partial charge is 0.0327 e. The Morgan fingerprint density at radius 3 is 1.44 bits per heavy atom. The summed E-state index contributed by atoms with van der Waals surface area (Å²) in [5, 5.41) is 0. The molecule has 0 aliphatic heterocycles. The van der Waals surface area contributed by atoms with E-state index in [1.165, 1.54) is 75.3 Å². The quantitative estimate of drug-likeness (QED) is 0.521. The van der Waals surface area contributed by atoms with Crippen molar-refractivity contribution in [1.29, 1.82) is 0 Å². The van der Waals surface area contributed by atoms with Crippen LogP contribution in [-0.4, -0.2) is 0 Å². The summed E-state index contributed by atoms with van der Waals surface area (Å²) in [6, 6.07) is 19.0. The number of benzene rings is 2. The van der Waals surface area contributed by atoms with Crippen molar-refractivity contribution in [3.05, 3.63) is 59.7 Å². The molecule has 3 aliphatic rings. The van der Waals surface area contributed by atoms with Gasteiger partial charge in [0.1, 0.15) is 0 Å². The second kappa shape index (κ2) is 6.23. The van der Waals surface area contributed by atoms with Crippen molar-refractivity contribution < 1.29 is 0 Å². The summed E-state index contributed by atoms with van der Waals surface area (Å²) in [4.78, 5) is 0. The third kappa shape index (κ3) is 2.00. The molecule has 2 aromatic carbocycles. The molecule has 0 N–H and O–H groups in total. The lowest BCUT2D eigenvalue weighted by Crippen LogP contribution is -2.62. The SMILES string of the molecule is CCCC12CCCC(CCC)(CCC1)C21c2ccccc2-c2ccccc21. The van der Waals surface area contributed by atoms with Crippen LogP contribution in [-0.2, 0) is 5.41 Å². The Kier molecular flexibility index (Phi) is 4.04. The van der Waals surface area contributed by atoms with E-state index in [1.54, 1.807) is 11.1 Å². The van der Waals surface area contributed by atoms with E-state index in [9.17, 15) is 0 Å². The molecule has 0 nitrogen and oxygen atoms in total. The number of hydrogen-bond donors (Lipinski definition) is 0. The van der Waals surface area contributed by atoms with Crippen molar-refractivity contribution in [2.24, 2.45) is 10.8 Å². The lowest BCUT2D eigenvalue weighted by atomic mass is 9.36. The van der Waals surface area contributed by atoms with Gasteiger partial charge < -0.3 is 0 Å². The average Bonchev–Trinajstić information content (AvgIpc) is 2.97. The fourth-order valence-electron chi connectivity index (χ4n) is 8.30. The van der Waals surface area contributed by atoms with E-state index in [1.807, 2.05) is 0 Å². The number of fused-ring (bicyclic) bond motifs is 3. The Labute approximate surface area is 165 Å². The molecule has 2 aromatic rings. The normalized spacial score (nSPS) is 30.1. The zero-order chi connectivity index (χ0) is 18.5. The summed E-state index contributed by atoms with van der Waals surface area (Å²) < 4.78 is 0. The predicted octanol–water partition coefficient (Wildman–Crippen LogP) is 7.89. The highest BCUT2D eigenvalue weighted by Gasteiger charge is 2.68. The summed E-state index contributed by atoms with van der Waals surface area (Å²) >= 11 is 0. The van der Waals surface area contributed by atoms with Crippen molar-refractivity contribution in [3.63, 3.8) is 0 Å². The van der Waals surface area contributed by atoms with Gasteiger partial charge in [-0.25, -0.2) is 0 Å². The molecule has 2 saturated carbocycles. The minimum Gasteiger partial charge on any atom is -0.0654 e. The molecule has 0 saturated heterocycles. The van der Waals surface area contributed by atoms with E-state index in [0.29, 0.717) is 10.8 Å².